The Morgan fingerprint density at radius 1 is 1.20 bits per heavy atom. The van der Waals surface area contributed by atoms with Crippen molar-refractivity contribution in [2.24, 2.45) is 0 Å². The van der Waals surface area contributed by atoms with Crippen molar-refractivity contribution in [2.75, 3.05) is 11.1 Å². The molecular weight excluding hydrogens is 212 g/mol. The number of nitrogens with two attached hydrogens (primary N) is 1. The first-order chi connectivity index (χ1) is 7.24. The standard InChI is InChI=1S/C10H9ClN4/c11-7-4-5-13-10(6-7)15-9-3-1-2-8(12)14-9/h1-6H,(H3,12,13,14,15). The third kappa shape index (κ3) is 2.57. The first-order valence-electron chi connectivity index (χ1n) is 4.35. The number of aromatic nitrogens is 2. The summed E-state index contributed by atoms with van der Waals surface area (Å²) in [6.45, 7) is 0. The molecule has 0 aromatic carbocycles. The largest absolute Gasteiger partial charge is 0.384 e. The highest BCUT2D eigenvalue weighted by atomic mass is 35.5. The fraction of sp³-hybridized carbons (Fsp3) is 0. The minimum Gasteiger partial charge on any atom is -0.384 e. The van der Waals surface area contributed by atoms with Gasteiger partial charge in [-0.25, -0.2) is 9.97 Å². The van der Waals surface area contributed by atoms with E-state index in [1.54, 1.807) is 30.5 Å². The van der Waals surface area contributed by atoms with E-state index in [0.29, 0.717) is 22.5 Å². The summed E-state index contributed by atoms with van der Waals surface area (Å²) in [5.74, 6) is 1.74. The summed E-state index contributed by atoms with van der Waals surface area (Å²) in [6, 6.07) is 8.76. The van der Waals surface area contributed by atoms with Crippen LogP contribution in [0.1, 0.15) is 0 Å². The highest BCUT2D eigenvalue weighted by Crippen LogP contribution is 2.16. The Hall–Kier alpha value is -1.81. The molecule has 2 aromatic rings. The summed E-state index contributed by atoms with van der Waals surface area (Å²) in [6.07, 6.45) is 1.62. The summed E-state index contributed by atoms with van der Waals surface area (Å²) in [7, 11) is 0. The van der Waals surface area contributed by atoms with E-state index in [4.69, 9.17) is 17.3 Å². The zero-order valence-corrected chi connectivity index (χ0v) is 8.57. The average Bonchev–Trinajstić information content (AvgIpc) is 2.17. The maximum atomic E-state index is 5.82. The summed E-state index contributed by atoms with van der Waals surface area (Å²) < 4.78 is 0. The maximum absolute atomic E-state index is 5.82. The molecule has 5 heteroatoms. The van der Waals surface area contributed by atoms with E-state index in [1.165, 1.54) is 0 Å². The van der Waals surface area contributed by atoms with Crippen molar-refractivity contribution in [3.8, 4) is 0 Å². The number of anilines is 3. The minimum absolute atomic E-state index is 0.460. The average molecular weight is 221 g/mol. The molecule has 0 atom stereocenters. The number of nitrogens with one attached hydrogen (secondary N) is 1. The van der Waals surface area contributed by atoms with E-state index in [0.717, 1.165) is 0 Å². The van der Waals surface area contributed by atoms with Crippen LogP contribution in [0.15, 0.2) is 36.5 Å². The highest BCUT2D eigenvalue weighted by molar-refractivity contribution is 6.30. The Morgan fingerprint density at radius 3 is 2.80 bits per heavy atom. The van der Waals surface area contributed by atoms with Crippen LogP contribution in [0, 0.1) is 0 Å². The van der Waals surface area contributed by atoms with Crippen molar-refractivity contribution >= 4 is 29.1 Å². The Balaban J connectivity index is 2.22. The molecule has 0 amide bonds. The molecule has 2 heterocycles. The quantitative estimate of drug-likeness (QED) is 0.816. The molecule has 2 aromatic heterocycles. The molecule has 3 N–H and O–H groups in total. The molecular formula is C10H9ClN4. The second kappa shape index (κ2) is 4.14. The summed E-state index contributed by atoms with van der Waals surface area (Å²) >= 11 is 5.82. The van der Waals surface area contributed by atoms with Gasteiger partial charge in [0.2, 0.25) is 0 Å². The second-order valence-electron chi connectivity index (χ2n) is 2.93. The van der Waals surface area contributed by atoms with Gasteiger partial charge in [0.1, 0.15) is 17.5 Å². The van der Waals surface area contributed by atoms with Crippen LogP contribution in [0.25, 0.3) is 0 Å². The smallest absolute Gasteiger partial charge is 0.133 e. The third-order valence-corrected chi connectivity index (χ3v) is 1.98. The lowest BCUT2D eigenvalue weighted by Gasteiger charge is -2.04. The highest BCUT2D eigenvalue weighted by Gasteiger charge is 1.97. The molecule has 76 valence electrons. The summed E-state index contributed by atoms with van der Waals surface area (Å²) in [5.41, 5.74) is 5.54. The van der Waals surface area contributed by atoms with Gasteiger partial charge in [0.05, 0.1) is 0 Å². The van der Waals surface area contributed by atoms with E-state index in [-0.39, 0.29) is 0 Å². The van der Waals surface area contributed by atoms with E-state index in [1.807, 2.05) is 6.07 Å². The molecule has 0 bridgehead atoms. The summed E-state index contributed by atoms with van der Waals surface area (Å²) in [5, 5.41) is 3.62. The number of pyridine rings is 2. The Morgan fingerprint density at radius 2 is 2.07 bits per heavy atom. The predicted molar refractivity (Wildman–Crippen MR) is 61.2 cm³/mol. The topological polar surface area (TPSA) is 63.8 Å². The van der Waals surface area contributed by atoms with Crippen molar-refractivity contribution in [1.82, 2.24) is 9.97 Å². The zero-order chi connectivity index (χ0) is 10.7. The maximum Gasteiger partial charge on any atom is 0.133 e. The number of hydrogen-bond donors (Lipinski definition) is 2. The SMILES string of the molecule is Nc1cccc(Nc2cc(Cl)ccn2)n1. The fourth-order valence-corrected chi connectivity index (χ4v) is 1.29. The van der Waals surface area contributed by atoms with Crippen molar-refractivity contribution < 1.29 is 0 Å². The van der Waals surface area contributed by atoms with Crippen LogP contribution < -0.4 is 11.1 Å². The van der Waals surface area contributed by atoms with Gasteiger partial charge in [0.15, 0.2) is 0 Å². The van der Waals surface area contributed by atoms with Gasteiger partial charge in [0.25, 0.3) is 0 Å². The lowest BCUT2D eigenvalue weighted by Crippen LogP contribution is -1.97. The van der Waals surface area contributed by atoms with Crippen LogP contribution in [0.2, 0.25) is 5.02 Å². The molecule has 0 aliphatic heterocycles. The van der Waals surface area contributed by atoms with Gasteiger partial charge in [-0.3, -0.25) is 0 Å². The molecule has 0 aliphatic rings. The first-order valence-corrected chi connectivity index (χ1v) is 4.73. The molecule has 0 radical (unpaired) electrons. The Labute approximate surface area is 92.1 Å². The lowest BCUT2D eigenvalue weighted by atomic mass is 10.4. The van der Waals surface area contributed by atoms with E-state index >= 15 is 0 Å². The van der Waals surface area contributed by atoms with Gasteiger partial charge in [-0.05, 0) is 24.3 Å². The zero-order valence-electron chi connectivity index (χ0n) is 7.81. The van der Waals surface area contributed by atoms with Crippen molar-refractivity contribution in [3.05, 3.63) is 41.6 Å². The van der Waals surface area contributed by atoms with E-state index < -0.39 is 0 Å². The van der Waals surface area contributed by atoms with E-state index in [9.17, 15) is 0 Å². The molecule has 0 aliphatic carbocycles. The molecule has 0 saturated carbocycles. The normalized spacial score (nSPS) is 9.93. The molecule has 0 saturated heterocycles. The summed E-state index contributed by atoms with van der Waals surface area (Å²) in [4.78, 5) is 8.17. The Kier molecular flexibility index (Phi) is 2.69. The van der Waals surface area contributed by atoms with Crippen LogP contribution in [-0.4, -0.2) is 9.97 Å². The molecule has 0 unspecified atom stereocenters. The van der Waals surface area contributed by atoms with Gasteiger partial charge >= 0.3 is 0 Å². The number of hydrogen-bond acceptors (Lipinski definition) is 4. The van der Waals surface area contributed by atoms with Gasteiger partial charge in [-0.1, -0.05) is 17.7 Å². The van der Waals surface area contributed by atoms with Gasteiger partial charge in [-0.2, -0.15) is 0 Å². The van der Waals surface area contributed by atoms with Crippen LogP contribution in [0.3, 0.4) is 0 Å². The van der Waals surface area contributed by atoms with Crippen LogP contribution in [0.5, 0.6) is 0 Å². The number of halogens is 1. The number of nitrogen functional groups attached to an aromatic ring is 1. The van der Waals surface area contributed by atoms with Crippen molar-refractivity contribution in [3.63, 3.8) is 0 Å². The van der Waals surface area contributed by atoms with Gasteiger partial charge < -0.3 is 11.1 Å². The van der Waals surface area contributed by atoms with Crippen molar-refractivity contribution in [1.29, 1.82) is 0 Å². The minimum atomic E-state index is 0.460. The monoisotopic (exact) mass is 220 g/mol. The number of rotatable bonds is 2. The van der Waals surface area contributed by atoms with E-state index in [2.05, 4.69) is 15.3 Å². The molecule has 0 spiro atoms. The van der Waals surface area contributed by atoms with Crippen LogP contribution in [0.4, 0.5) is 17.5 Å². The molecule has 4 nitrogen and oxygen atoms in total. The first kappa shape index (κ1) is 9.73. The molecule has 2 rings (SSSR count). The van der Waals surface area contributed by atoms with Crippen LogP contribution >= 0.6 is 11.6 Å². The fourth-order valence-electron chi connectivity index (χ4n) is 1.13. The van der Waals surface area contributed by atoms with Gasteiger partial charge in [0, 0.05) is 11.2 Å². The van der Waals surface area contributed by atoms with Crippen LogP contribution in [-0.2, 0) is 0 Å². The predicted octanol–water partition coefficient (Wildman–Crippen LogP) is 2.46. The Bertz CT molecular complexity index is 429. The third-order valence-electron chi connectivity index (χ3n) is 1.75. The molecule has 0 fully saturated rings. The molecule has 15 heavy (non-hydrogen) atoms. The van der Waals surface area contributed by atoms with Gasteiger partial charge in [-0.15, -0.1) is 0 Å². The lowest BCUT2D eigenvalue weighted by molar-refractivity contribution is 1.26. The second-order valence-corrected chi connectivity index (χ2v) is 3.37. The van der Waals surface area contributed by atoms with Crippen molar-refractivity contribution in [2.45, 2.75) is 0 Å². The number of nitrogens with zero attached hydrogens (tertiary/aromatic N) is 2.